The Hall–Kier alpha value is -1.35. The van der Waals surface area contributed by atoms with Crippen LogP contribution in [-0.2, 0) is 11.3 Å². The first-order valence-corrected chi connectivity index (χ1v) is 7.58. The van der Waals surface area contributed by atoms with Crippen molar-refractivity contribution < 1.29 is 4.79 Å². The molecule has 0 N–H and O–H groups in total. The van der Waals surface area contributed by atoms with E-state index in [2.05, 4.69) is 37.8 Å². The first-order chi connectivity index (χ1) is 9.51. The third-order valence-electron chi connectivity index (χ3n) is 4.25. The Morgan fingerprint density at radius 1 is 1.05 bits per heavy atom. The van der Waals surface area contributed by atoms with Gasteiger partial charge in [0.15, 0.2) is 0 Å². The van der Waals surface area contributed by atoms with E-state index < -0.39 is 0 Å². The van der Waals surface area contributed by atoms with Gasteiger partial charge < -0.3 is 4.90 Å². The summed E-state index contributed by atoms with van der Waals surface area (Å²) in [6, 6.07) is 4.53. The molecule has 20 heavy (non-hydrogen) atoms. The topological polar surface area (TPSA) is 23.6 Å². The minimum absolute atomic E-state index is 0.285. The van der Waals surface area contributed by atoms with Gasteiger partial charge in [-0.15, -0.1) is 0 Å². The lowest BCUT2D eigenvalue weighted by atomic mass is 9.99. The lowest BCUT2D eigenvalue weighted by Gasteiger charge is -2.35. The number of benzene rings is 1. The molecular weight excluding hydrogens is 248 g/mol. The van der Waals surface area contributed by atoms with E-state index in [0.717, 1.165) is 32.7 Å². The summed E-state index contributed by atoms with van der Waals surface area (Å²) >= 11 is 0. The number of aryl methyl sites for hydroxylation is 3. The maximum absolute atomic E-state index is 11.7. The minimum atomic E-state index is 0.285. The van der Waals surface area contributed by atoms with Gasteiger partial charge in [0.2, 0.25) is 5.91 Å². The van der Waals surface area contributed by atoms with Crippen molar-refractivity contribution in [1.29, 1.82) is 0 Å². The second kappa shape index (κ2) is 6.40. The van der Waals surface area contributed by atoms with Crippen LogP contribution in [-0.4, -0.2) is 41.9 Å². The van der Waals surface area contributed by atoms with E-state index >= 15 is 0 Å². The highest BCUT2D eigenvalue weighted by atomic mass is 16.2. The zero-order valence-corrected chi connectivity index (χ0v) is 13.2. The van der Waals surface area contributed by atoms with Crippen LogP contribution in [0.15, 0.2) is 12.1 Å². The standard InChI is InChI=1S/C17H26N2O/c1-5-17(20)19-8-6-18(7-9-19)12-16-14(3)10-13(2)11-15(16)4/h10-11H,5-9,12H2,1-4H3. The van der Waals surface area contributed by atoms with Crippen LogP contribution in [0.25, 0.3) is 0 Å². The molecule has 0 atom stereocenters. The first-order valence-electron chi connectivity index (χ1n) is 7.58. The Balaban J connectivity index is 1.98. The first kappa shape index (κ1) is 15.0. The average molecular weight is 274 g/mol. The van der Waals surface area contributed by atoms with Crippen LogP contribution in [0.4, 0.5) is 0 Å². The molecule has 0 bridgehead atoms. The zero-order valence-electron chi connectivity index (χ0n) is 13.2. The Morgan fingerprint density at radius 2 is 1.60 bits per heavy atom. The molecule has 1 heterocycles. The van der Waals surface area contributed by atoms with Crippen LogP contribution >= 0.6 is 0 Å². The summed E-state index contributed by atoms with van der Waals surface area (Å²) in [5, 5.41) is 0. The normalized spacial score (nSPS) is 16.5. The van der Waals surface area contributed by atoms with Gasteiger partial charge in [-0.05, 0) is 37.5 Å². The molecule has 1 saturated heterocycles. The number of carbonyl (C=O) groups is 1. The summed E-state index contributed by atoms with van der Waals surface area (Å²) in [7, 11) is 0. The third kappa shape index (κ3) is 3.40. The monoisotopic (exact) mass is 274 g/mol. The summed E-state index contributed by atoms with van der Waals surface area (Å²) in [6.07, 6.45) is 0.621. The number of amides is 1. The zero-order chi connectivity index (χ0) is 14.7. The molecule has 1 aromatic carbocycles. The van der Waals surface area contributed by atoms with Gasteiger partial charge in [-0.25, -0.2) is 0 Å². The fourth-order valence-corrected chi connectivity index (χ4v) is 3.06. The summed E-state index contributed by atoms with van der Waals surface area (Å²) in [6.45, 7) is 13.2. The molecule has 0 unspecified atom stereocenters. The van der Waals surface area contributed by atoms with E-state index in [1.807, 2.05) is 11.8 Å². The van der Waals surface area contributed by atoms with Gasteiger partial charge in [0, 0.05) is 39.1 Å². The predicted octanol–water partition coefficient (Wildman–Crippen LogP) is 2.67. The number of nitrogens with zero attached hydrogens (tertiary/aromatic N) is 2. The average Bonchev–Trinajstić information content (AvgIpc) is 2.42. The highest BCUT2D eigenvalue weighted by Gasteiger charge is 2.20. The maximum atomic E-state index is 11.7. The summed E-state index contributed by atoms with van der Waals surface area (Å²) in [5.41, 5.74) is 5.55. The van der Waals surface area contributed by atoms with Crippen molar-refractivity contribution in [2.24, 2.45) is 0 Å². The van der Waals surface area contributed by atoms with Crippen molar-refractivity contribution in [1.82, 2.24) is 9.80 Å². The number of hydrogen-bond donors (Lipinski definition) is 0. The van der Waals surface area contributed by atoms with Crippen LogP contribution in [0, 0.1) is 20.8 Å². The van der Waals surface area contributed by atoms with E-state index in [0.29, 0.717) is 6.42 Å². The largest absolute Gasteiger partial charge is 0.340 e. The predicted molar refractivity (Wildman–Crippen MR) is 82.8 cm³/mol. The maximum Gasteiger partial charge on any atom is 0.222 e. The van der Waals surface area contributed by atoms with Crippen molar-refractivity contribution >= 4 is 5.91 Å². The highest BCUT2D eigenvalue weighted by molar-refractivity contribution is 5.75. The molecule has 0 saturated carbocycles. The molecule has 1 fully saturated rings. The van der Waals surface area contributed by atoms with Crippen molar-refractivity contribution in [2.45, 2.75) is 40.7 Å². The molecule has 3 nitrogen and oxygen atoms in total. The summed E-state index contributed by atoms with van der Waals surface area (Å²) in [5.74, 6) is 0.285. The third-order valence-corrected chi connectivity index (χ3v) is 4.25. The van der Waals surface area contributed by atoms with Crippen molar-refractivity contribution in [3.63, 3.8) is 0 Å². The molecule has 0 aliphatic carbocycles. The van der Waals surface area contributed by atoms with Crippen LogP contribution in [0.1, 0.15) is 35.6 Å². The van der Waals surface area contributed by atoms with E-state index in [1.54, 1.807) is 0 Å². The number of hydrogen-bond acceptors (Lipinski definition) is 2. The number of carbonyl (C=O) groups excluding carboxylic acids is 1. The van der Waals surface area contributed by atoms with Gasteiger partial charge in [-0.1, -0.05) is 24.6 Å². The van der Waals surface area contributed by atoms with Gasteiger partial charge in [-0.2, -0.15) is 0 Å². The van der Waals surface area contributed by atoms with Crippen molar-refractivity contribution in [3.05, 3.63) is 34.4 Å². The Morgan fingerprint density at radius 3 is 2.10 bits per heavy atom. The second-order valence-electron chi connectivity index (χ2n) is 5.89. The van der Waals surface area contributed by atoms with Crippen molar-refractivity contribution in [3.8, 4) is 0 Å². The van der Waals surface area contributed by atoms with Gasteiger partial charge in [0.1, 0.15) is 0 Å². The molecule has 0 aromatic heterocycles. The molecule has 110 valence electrons. The SMILES string of the molecule is CCC(=O)N1CCN(Cc2c(C)cc(C)cc2C)CC1. The van der Waals surface area contributed by atoms with Gasteiger partial charge in [-0.3, -0.25) is 9.69 Å². The smallest absolute Gasteiger partial charge is 0.222 e. The van der Waals surface area contributed by atoms with Gasteiger partial charge in [0.05, 0.1) is 0 Å². The van der Waals surface area contributed by atoms with Gasteiger partial charge in [0.25, 0.3) is 0 Å². The molecule has 1 aliphatic heterocycles. The van der Waals surface area contributed by atoms with Crippen LogP contribution in [0.2, 0.25) is 0 Å². The molecule has 0 spiro atoms. The molecule has 3 heteroatoms. The van der Waals surface area contributed by atoms with Crippen LogP contribution in [0.5, 0.6) is 0 Å². The highest BCUT2D eigenvalue weighted by Crippen LogP contribution is 2.19. The van der Waals surface area contributed by atoms with Crippen molar-refractivity contribution in [2.75, 3.05) is 26.2 Å². The number of piperazine rings is 1. The molecular formula is C17H26N2O. The summed E-state index contributed by atoms with van der Waals surface area (Å²) in [4.78, 5) is 16.1. The van der Waals surface area contributed by atoms with E-state index in [-0.39, 0.29) is 5.91 Å². The second-order valence-corrected chi connectivity index (χ2v) is 5.89. The van der Waals surface area contributed by atoms with Crippen LogP contribution < -0.4 is 0 Å². The Bertz CT molecular complexity index is 465. The molecule has 1 amide bonds. The van der Waals surface area contributed by atoms with Gasteiger partial charge >= 0.3 is 0 Å². The molecule has 1 aromatic rings. The fraction of sp³-hybridized carbons (Fsp3) is 0.588. The van der Waals surface area contributed by atoms with Crippen LogP contribution in [0.3, 0.4) is 0 Å². The Labute approximate surface area is 122 Å². The number of rotatable bonds is 3. The minimum Gasteiger partial charge on any atom is -0.340 e. The lowest BCUT2D eigenvalue weighted by Crippen LogP contribution is -2.48. The molecule has 1 aliphatic rings. The quantitative estimate of drug-likeness (QED) is 0.846. The molecule has 0 radical (unpaired) electrons. The van der Waals surface area contributed by atoms with E-state index in [4.69, 9.17) is 0 Å². The molecule has 2 rings (SSSR count). The van der Waals surface area contributed by atoms with E-state index in [1.165, 1.54) is 22.3 Å². The lowest BCUT2D eigenvalue weighted by molar-refractivity contribution is -0.132. The summed E-state index contributed by atoms with van der Waals surface area (Å²) < 4.78 is 0. The van der Waals surface area contributed by atoms with E-state index in [9.17, 15) is 4.79 Å². The fourth-order valence-electron chi connectivity index (χ4n) is 3.06. The Kier molecular flexibility index (Phi) is 4.81.